The van der Waals surface area contributed by atoms with Crippen LogP contribution in [0.1, 0.15) is 28.0 Å². The SMILES string of the molecule is CCc1cc(C(=O)OC)c(NC(=O)CSc2nnc(C)n2C)s1. The van der Waals surface area contributed by atoms with Crippen LogP contribution in [0.4, 0.5) is 5.00 Å². The van der Waals surface area contributed by atoms with Crippen molar-refractivity contribution in [1.82, 2.24) is 14.8 Å². The molecule has 0 aliphatic rings. The Morgan fingerprint density at radius 2 is 2.17 bits per heavy atom. The molecule has 0 spiro atoms. The van der Waals surface area contributed by atoms with E-state index in [1.54, 1.807) is 6.07 Å². The van der Waals surface area contributed by atoms with E-state index in [-0.39, 0.29) is 11.7 Å². The van der Waals surface area contributed by atoms with Gasteiger partial charge in [-0.1, -0.05) is 18.7 Å². The first-order valence-electron chi connectivity index (χ1n) is 6.95. The highest BCUT2D eigenvalue weighted by Crippen LogP contribution is 2.29. The maximum atomic E-state index is 12.1. The van der Waals surface area contributed by atoms with E-state index in [0.29, 0.717) is 15.7 Å². The lowest BCUT2D eigenvalue weighted by Gasteiger charge is -2.05. The number of thiophene rings is 1. The number of aryl methyl sites for hydroxylation is 2. The minimum Gasteiger partial charge on any atom is -0.465 e. The van der Waals surface area contributed by atoms with Gasteiger partial charge in [0.1, 0.15) is 10.8 Å². The van der Waals surface area contributed by atoms with Crippen LogP contribution < -0.4 is 5.32 Å². The Balaban J connectivity index is 2.03. The molecule has 2 heterocycles. The zero-order valence-electron chi connectivity index (χ0n) is 13.4. The predicted molar refractivity (Wildman–Crippen MR) is 90.1 cm³/mol. The monoisotopic (exact) mass is 354 g/mol. The van der Waals surface area contributed by atoms with Crippen molar-refractivity contribution in [1.29, 1.82) is 0 Å². The van der Waals surface area contributed by atoms with E-state index >= 15 is 0 Å². The summed E-state index contributed by atoms with van der Waals surface area (Å²) in [7, 11) is 3.17. The van der Waals surface area contributed by atoms with Gasteiger partial charge in [-0.05, 0) is 19.4 Å². The number of carbonyl (C=O) groups excluding carboxylic acids is 2. The molecule has 0 radical (unpaired) electrons. The van der Waals surface area contributed by atoms with E-state index in [2.05, 4.69) is 15.5 Å². The summed E-state index contributed by atoms with van der Waals surface area (Å²) in [6, 6.07) is 1.76. The van der Waals surface area contributed by atoms with Gasteiger partial charge in [0.25, 0.3) is 0 Å². The zero-order chi connectivity index (χ0) is 17.0. The maximum Gasteiger partial charge on any atom is 0.340 e. The Bertz CT molecular complexity index is 724. The van der Waals surface area contributed by atoms with E-state index in [4.69, 9.17) is 4.74 Å². The van der Waals surface area contributed by atoms with Crippen molar-refractivity contribution in [2.24, 2.45) is 7.05 Å². The number of carbonyl (C=O) groups is 2. The second-order valence-corrected chi connectivity index (χ2v) is 6.81. The van der Waals surface area contributed by atoms with E-state index in [9.17, 15) is 9.59 Å². The number of thioether (sulfide) groups is 1. The van der Waals surface area contributed by atoms with Gasteiger partial charge in [-0.2, -0.15) is 0 Å². The molecule has 2 aromatic rings. The second kappa shape index (κ2) is 7.60. The Morgan fingerprint density at radius 1 is 1.43 bits per heavy atom. The molecule has 0 aliphatic carbocycles. The molecule has 2 rings (SSSR count). The van der Waals surface area contributed by atoms with E-state index in [1.165, 1.54) is 30.2 Å². The third-order valence-corrected chi connectivity index (χ3v) is 5.39. The highest BCUT2D eigenvalue weighted by atomic mass is 32.2. The summed E-state index contributed by atoms with van der Waals surface area (Å²) in [5.41, 5.74) is 0.391. The summed E-state index contributed by atoms with van der Waals surface area (Å²) in [5.74, 6) is 0.316. The van der Waals surface area contributed by atoms with Crippen molar-refractivity contribution < 1.29 is 14.3 Å². The summed E-state index contributed by atoms with van der Waals surface area (Å²) in [6.45, 7) is 3.84. The normalized spacial score (nSPS) is 10.6. The molecule has 124 valence electrons. The van der Waals surface area contributed by atoms with Crippen molar-refractivity contribution in [2.45, 2.75) is 25.4 Å². The average Bonchev–Trinajstić information content (AvgIpc) is 3.09. The quantitative estimate of drug-likeness (QED) is 0.632. The van der Waals surface area contributed by atoms with Gasteiger partial charge in [0.2, 0.25) is 5.91 Å². The lowest BCUT2D eigenvalue weighted by molar-refractivity contribution is -0.113. The fraction of sp³-hybridized carbons (Fsp3) is 0.429. The van der Waals surface area contributed by atoms with Crippen LogP contribution in [0.3, 0.4) is 0 Å². The average molecular weight is 354 g/mol. The number of aromatic nitrogens is 3. The highest BCUT2D eigenvalue weighted by molar-refractivity contribution is 7.99. The zero-order valence-corrected chi connectivity index (χ0v) is 15.0. The molecule has 0 unspecified atom stereocenters. The molecule has 7 nitrogen and oxygen atoms in total. The number of methoxy groups -OCH3 is 1. The van der Waals surface area contributed by atoms with Crippen LogP contribution >= 0.6 is 23.1 Å². The van der Waals surface area contributed by atoms with Gasteiger partial charge in [-0.3, -0.25) is 4.79 Å². The number of nitrogens with one attached hydrogen (secondary N) is 1. The Kier molecular flexibility index (Phi) is 5.78. The van der Waals surface area contributed by atoms with E-state index < -0.39 is 5.97 Å². The summed E-state index contributed by atoms with van der Waals surface area (Å²) in [5, 5.41) is 11.9. The maximum absolute atomic E-state index is 12.1. The van der Waals surface area contributed by atoms with Crippen molar-refractivity contribution in [2.75, 3.05) is 18.2 Å². The third-order valence-electron chi connectivity index (χ3n) is 3.17. The number of hydrogen-bond donors (Lipinski definition) is 1. The number of amides is 1. The van der Waals surface area contributed by atoms with Crippen LogP contribution in [0.2, 0.25) is 0 Å². The van der Waals surface area contributed by atoms with Gasteiger partial charge < -0.3 is 14.6 Å². The van der Waals surface area contributed by atoms with Crippen molar-refractivity contribution in [3.8, 4) is 0 Å². The first kappa shape index (κ1) is 17.5. The number of rotatable bonds is 6. The fourth-order valence-corrected chi connectivity index (χ4v) is 3.53. The van der Waals surface area contributed by atoms with Gasteiger partial charge in [0.15, 0.2) is 5.16 Å². The molecule has 0 saturated heterocycles. The Morgan fingerprint density at radius 3 is 2.74 bits per heavy atom. The topological polar surface area (TPSA) is 86.1 Å². The van der Waals surface area contributed by atoms with Gasteiger partial charge in [-0.25, -0.2) is 4.79 Å². The van der Waals surface area contributed by atoms with Crippen molar-refractivity contribution in [3.05, 3.63) is 22.3 Å². The van der Waals surface area contributed by atoms with Crippen LogP contribution in [-0.2, 0) is 23.0 Å². The highest BCUT2D eigenvalue weighted by Gasteiger charge is 2.18. The molecule has 1 amide bonds. The lowest BCUT2D eigenvalue weighted by Crippen LogP contribution is -2.16. The molecule has 1 N–H and O–H groups in total. The summed E-state index contributed by atoms with van der Waals surface area (Å²) in [4.78, 5) is 24.9. The smallest absolute Gasteiger partial charge is 0.340 e. The molecule has 0 aromatic carbocycles. The standard InChI is InChI=1S/C14H18N4O3S2/c1-5-9-6-10(13(20)21-4)12(23-9)15-11(19)7-22-14-17-16-8(2)18(14)3/h6H,5,7H2,1-4H3,(H,15,19). The molecule has 0 fully saturated rings. The molecule has 0 aliphatic heterocycles. The molecular formula is C14H18N4O3S2. The predicted octanol–water partition coefficient (Wildman–Crippen LogP) is 2.26. The molecule has 0 saturated carbocycles. The number of anilines is 1. The first-order valence-corrected chi connectivity index (χ1v) is 8.76. The molecule has 2 aromatic heterocycles. The minimum absolute atomic E-state index is 0.186. The summed E-state index contributed by atoms with van der Waals surface area (Å²) in [6.07, 6.45) is 0.789. The molecule has 0 bridgehead atoms. The molecule has 9 heteroatoms. The number of esters is 1. The Labute approximate surface area is 142 Å². The minimum atomic E-state index is -0.451. The summed E-state index contributed by atoms with van der Waals surface area (Å²) >= 11 is 2.68. The van der Waals surface area contributed by atoms with E-state index in [0.717, 1.165) is 17.1 Å². The molecule has 23 heavy (non-hydrogen) atoms. The van der Waals surface area contributed by atoms with Crippen LogP contribution in [0.5, 0.6) is 0 Å². The summed E-state index contributed by atoms with van der Waals surface area (Å²) < 4.78 is 6.57. The van der Waals surface area contributed by atoms with Gasteiger partial charge in [0.05, 0.1) is 18.4 Å². The number of ether oxygens (including phenoxy) is 1. The Hall–Kier alpha value is -1.87. The van der Waals surface area contributed by atoms with E-state index in [1.807, 2.05) is 25.5 Å². The molecule has 0 atom stereocenters. The number of nitrogens with zero attached hydrogens (tertiary/aromatic N) is 3. The third kappa shape index (κ3) is 4.11. The largest absolute Gasteiger partial charge is 0.465 e. The van der Waals surface area contributed by atoms with Gasteiger partial charge in [0, 0.05) is 11.9 Å². The first-order chi connectivity index (χ1) is 11.0. The number of hydrogen-bond acceptors (Lipinski definition) is 7. The van der Waals surface area contributed by atoms with Crippen LogP contribution in [0, 0.1) is 6.92 Å². The van der Waals surface area contributed by atoms with Crippen LogP contribution in [-0.4, -0.2) is 39.5 Å². The van der Waals surface area contributed by atoms with Crippen LogP contribution in [0.25, 0.3) is 0 Å². The van der Waals surface area contributed by atoms with Gasteiger partial charge >= 0.3 is 5.97 Å². The van der Waals surface area contributed by atoms with Crippen molar-refractivity contribution in [3.63, 3.8) is 0 Å². The lowest BCUT2D eigenvalue weighted by atomic mass is 10.2. The van der Waals surface area contributed by atoms with Gasteiger partial charge in [-0.15, -0.1) is 21.5 Å². The fourth-order valence-electron chi connectivity index (χ4n) is 1.78. The van der Waals surface area contributed by atoms with Crippen molar-refractivity contribution >= 4 is 40.0 Å². The molecular weight excluding hydrogens is 336 g/mol. The van der Waals surface area contributed by atoms with Crippen LogP contribution in [0.15, 0.2) is 11.2 Å². The second-order valence-electron chi connectivity index (χ2n) is 4.73.